The molecule has 1 aliphatic carbocycles. The van der Waals surface area contributed by atoms with Crippen molar-refractivity contribution in [2.75, 3.05) is 0 Å². The van der Waals surface area contributed by atoms with Crippen LogP contribution in [0.1, 0.15) is 88.5 Å². The van der Waals surface area contributed by atoms with Crippen molar-refractivity contribution in [2.24, 2.45) is 16.2 Å². The van der Waals surface area contributed by atoms with Gasteiger partial charge in [0.15, 0.2) is 0 Å². The Balaban J connectivity index is -0.00000161. The first kappa shape index (κ1) is 31.3. The molecule has 0 aromatic rings. The van der Waals surface area contributed by atoms with Crippen molar-refractivity contribution in [2.45, 2.75) is 111 Å². The molecule has 0 aromatic carbocycles. The van der Waals surface area contributed by atoms with E-state index in [0.717, 1.165) is 39.8 Å². The van der Waals surface area contributed by atoms with Gasteiger partial charge in [0, 0.05) is 0 Å². The summed E-state index contributed by atoms with van der Waals surface area (Å²) in [5.41, 5.74) is 4.92. The van der Waals surface area contributed by atoms with E-state index in [9.17, 15) is 0 Å². The van der Waals surface area contributed by atoms with Crippen molar-refractivity contribution in [3.63, 3.8) is 0 Å². The number of hydrogen-bond donors (Lipinski definition) is 0. The van der Waals surface area contributed by atoms with Gasteiger partial charge in [-0.05, 0) is 58.1 Å². The van der Waals surface area contributed by atoms with Gasteiger partial charge in [0.25, 0.3) is 0 Å². The molecule has 0 bridgehead atoms. The van der Waals surface area contributed by atoms with Crippen molar-refractivity contribution in [3.05, 3.63) is 14.9 Å². The van der Waals surface area contributed by atoms with Crippen LogP contribution in [0.5, 0.6) is 0 Å². The van der Waals surface area contributed by atoms with Gasteiger partial charge in [-0.3, -0.25) is 0 Å². The molecular weight excluding hydrogens is 374 g/mol. The minimum absolute atomic E-state index is 0. The summed E-state index contributed by atoms with van der Waals surface area (Å²) < 4.78 is 0. The second-order valence-corrected chi connectivity index (χ2v) is 14.9. The summed E-state index contributed by atoms with van der Waals surface area (Å²) in [6, 6.07) is 0. The van der Waals surface area contributed by atoms with E-state index in [2.05, 4.69) is 69.2 Å². The first-order valence-corrected chi connectivity index (χ1v) is 11.6. The molecular formula is C22H48P2Ti. The zero-order valence-corrected chi connectivity index (χ0v) is 23.0. The van der Waals surface area contributed by atoms with Crippen molar-refractivity contribution in [1.82, 2.24) is 0 Å². The molecule has 0 heterocycles. The maximum Gasteiger partial charge on any atom is 2.00 e. The van der Waals surface area contributed by atoms with Crippen LogP contribution in [0.25, 0.3) is 0 Å². The Hall–Kier alpha value is 1.57. The zero-order valence-electron chi connectivity index (χ0n) is 19.4. The molecule has 0 aliphatic heterocycles. The Kier molecular flexibility index (Phi) is 14.4. The van der Waals surface area contributed by atoms with Crippen LogP contribution in [-0.2, 0) is 21.7 Å². The summed E-state index contributed by atoms with van der Waals surface area (Å²) in [5, 5.41) is 0. The van der Waals surface area contributed by atoms with Crippen LogP contribution in [0.4, 0.5) is 0 Å². The van der Waals surface area contributed by atoms with E-state index < -0.39 is 0 Å². The second-order valence-electron chi connectivity index (χ2n) is 10.3. The Morgan fingerprint density at radius 1 is 0.720 bits per heavy atom. The Bertz CT molecular complexity index is 316. The summed E-state index contributed by atoms with van der Waals surface area (Å²) in [4.78, 5) is 0. The molecule has 25 heavy (non-hydrogen) atoms. The first-order chi connectivity index (χ1) is 9.78. The fraction of sp³-hybridized carbons (Fsp3) is 0.909. The van der Waals surface area contributed by atoms with Gasteiger partial charge in [0.2, 0.25) is 0 Å². The topological polar surface area (TPSA) is 0 Å². The molecule has 0 aromatic heterocycles. The summed E-state index contributed by atoms with van der Waals surface area (Å²) in [6.07, 6.45) is 4.41. The average molecular weight is 422 g/mol. The molecule has 0 nitrogen and oxygen atoms in total. The molecule has 0 spiro atoms. The van der Waals surface area contributed by atoms with Crippen LogP contribution in [0.15, 0.2) is 0 Å². The Labute approximate surface area is 180 Å². The molecule has 0 N–H and O–H groups in total. The fourth-order valence-corrected chi connectivity index (χ4v) is 8.88. The molecule has 1 aliphatic rings. The van der Waals surface area contributed by atoms with E-state index in [-0.39, 0.29) is 36.6 Å². The van der Waals surface area contributed by atoms with Crippen molar-refractivity contribution >= 4 is 17.2 Å². The SMILES string of the molecule is CC(C)PC1CC(PC(C)C)CC(C(C)(C)C)(C(C)(C)C)C1.[CH3-].[CH3-].[Ti+2]. The molecule has 0 amide bonds. The van der Waals surface area contributed by atoms with E-state index >= 15 is 0 Å². The van der Waals surface area contributed by atoms with Gasteiger partial charge in [-0.15, -0.1) is 17.2 Å². The second kappa shape index (κ2) is 11.5. The van der Waals surface area contributed by atoms with Gasteiger partial charge < -0.3 is 14.9 Å². The predicted octanol–water partition coefficient (Wildman–Crippen LogP) is 8.06. The van der Waals surface area contributed by atoms with Gasteiger partial charge in [-0.2, -0.15) is 0 Å². The van der Waals surface area contributed by atoms with Crippen molar-refractivity contribution in [1.29, 1.82) is 0 Å². The van der Waals surface area contributed by atoms with Gasteiger partial charge in [-0.25, -0.2) is 0 Å². The third-order valence-electron chi connectivity index (χ3n) is 5.77. The van der Waals surface area contributed by atoms with E-state index in [0.29, 0.717) is 16.2 Å². The standard InChI is InChI=1S/C20H42P2.2CH3.Ti/c1-14(2)21-16-11-17(22-15(3)4)13-20(12-16,18(5,6)7)19(8,9)10;;;/h14-17,21-22H,11-13H2,1-10H3;2*1H3;/q;2*-1;+2. The molecule has 150 valence electrons. The summed E-state index contributed by atoms with van der Waals surface area (Å²) in [7, 11) is 2.30. The third kappa shape index (κ3) is 8.22. The summed E-state index contributed by atoms with van der Waals surface area (Å²) in [5.74, 6) is 0. The van der Waals surface area contributed by atoms with Gasteiger partial charge in [-0.1, -0.05) is 69.2 Å². The third-order valence-corrected chi connectivity index (χ3v) is 8.92. The molecule has 0 radical (unpaired) electrons. The van der Waals surface area contributed by atoms with Gasteiger partial charge in [0.05, 0.1) is 0 Å². The van der Waals surface area contributed by atoms with E-state index in [1.807, 2.05) is 0 Å². The smallest absolute Gasteiger partial charge is 0.358 e. The maximum absolute atomic E-state index is 2.51. The van der Waals surface area contributed by atoms with Gasteiger partial charge >= 0.3 is 21.7 Å². The fourth-order valence-electron chi connectivity index (χ4n) is 4.98. The van der Waals surface area contributed by atoms with Crippen LogP contribution in [0, 0.1) is 31.1 Å². The Morgan fingerprint density at radius 2 is 1.00 bits per heavy atom. The quantitative estimate of drug-likeness (QED) is 0.244. The van der Waals surface area contributed by atoms with E-state index in [1.165, 1.54) is 19.3 Å². The predicted molar refractivity (Wildman–Crippen MR) is 123 cm³/mol. The van der Waals surface area contributed by atoms with Crippen molar-refractivity contribution < 1.29 is 21.7 Å². The van der Waals surface area contributed by atoms with Gasteiger partial charge in [0.1, 0.15) is 0 Å². The molecule has 4 unspecified atom stereocenters. The minimum Gasteiger partial charge on any atom is -0.358 e. The van der Waals surface area contributed by atoms with Crippen molar-refractivity contribution in [3.8, 4) is 0 Å². The number of rotatable bonds is 4. The largest absolute Gasteiger partial charge is 2.00 e. The monoisotopic (exact) mass is 422 g/mol. The van der Waals surface area contributed by atoms with Crippen LogP contribution >= 0.6 is 17.2 Å². The average Bonchev–Trinajstić information content (AvgIpc) is 2.23. The van der Waals surface area contributed by atoms with Crippen LogP contribution in [-0.4, -0.2) is 22.6 Å². The van der Waals surface area contributed by atoms with E-state index in [4.69, 9.17) is 0 Å². The summed E-state index contributed by atoms with van der Waals surface area (Å²) in [6.45, 7) is 24.7. The van der Waals surface area contributed by atoms with E-state index in [1.54, 1.807) is 0 Å². The molecule has 1 saturated carbocycles. The maximum atomic E-state index is 2.51. The van der Waals surface area contributed by atoms with Crippen LogP contribution < -0.4 is 0 Å². The minimum atomic E-state index is 0. The van der Waals surface area contributed by atoms with Crippen LogP contribution in [0.2, 0.25) is 0 Å². The molecule has 4 atom stereocenters. The van der Waals surface area contributed by atoms with Crippen LogP contribution in [0.3, 0.4) is 0 Å². The molecule has 1 rings (SSSR count). The zero-order chi connectivity index (χ0) is 17.3. The Morgan fingerprint density at radius 3 is 1.20 bits per heavy atom. The number of hydrogen-bond acceptors (Lipinski definition) is 0. The first-order valence-electron chi connectivity index (χ1n) is 9.30. The molecule has 3 heteroatoms. The normalized spacial score (nSPS) is 24.5. The summed E-state index contributed by atoms with van der Waals surface area (Å²) >= 11 is 0. The molecule has 1 fully saturated rings. The molecule has 0 saturated heterocycles.